The summed E-state index contributed by atoms with van der Waals surface area (Å²) in [6, 6.07) is 31.5. The zero-order valence-electron chi connectivity index (χ0n) is 25.5. The van der Waals surface area contributed by atoms with Crippen LogP contribution in [0.2, 0.25) is 0 Å². The highest BCUT2D eigenvalue weighted by Crippen LogP contribution is 2.27. The molecule has 0 atom stereocenters. The average molecular weight is 626 g/mol. The van der Waals surface area contributed by atoms with Crippen LogP contribution in [-0.2, 0) is 4.79 Å². The number of fused-ring (bicyclic) bond motifs is 2. The predicted molar refractivity (Wildman–Crippen MR) is 180 cm³/mol. The van der Waals surface area contributed by atoms with Crippen LogP contribution >= 0.6 is 0 Å². The summed E-state index contributed by atoms with van der Waals surface area (Å²) >= 11 is 0. The van der Waals surface area contributed by atoms with Crippen molar-refractivity contribution in [3.05, 3.63) is 142 Å². The van der Waals surface area contributed by atoms with Crippen molar-refractivity contribution in [2.45, 2.75) is 13.8 Å². The lowest BCUT2D eigenvalue weighted by atomic mass is 10.2. The Morgan fingerprint density at radius 2 is 1.70 bits per heavy atom. The standard InChI is InChI=1S/C37H28FN5O4/c1-23-19-26(24(2)42(23)29-15-17-30(18-16-29)46-22-35(44)40-28-13-11-27(38)12-14-28)21-39-43-36(34-20-25-7-3-6-10-33(25)47-34)41-32-9-5-4-8-31(32)37(43)45/h3-21H,22H2,1-2H3,(H,40,44). The summed E-state index contributed by atoms with van der Waals surface area (Å²) in [6.07, 6.45) is 1.65. The van der Waals surface area contributed by atoms with Crippen molar-refractivity contribution in [1.82, 2.24) is 14.2 Å². The van der Waals surface area contributed by atoms with Crippen LogP contribution in [-0.4, -0.2) is 33.0 Å². The zero-order chi connectivity index (χ0) is 32.5. The number of para-hydroxylation sites is 2. The Morgan fingerprint density at radius 1 is 0.957 bits per heavy atom. The van der Waals surface area contributed by atoms with Gasteiger partial charge in [-0.05, 0) is 92.7 Å². The number of nitrogens with one attached hydrogen (secondary N) is 1. The molecule has 1 amide bonds. The summed E-state index contributed by atoms with van der Waals surface area (Å²) in [5.41, 5.74) is 4.99. The van der Waals surface area contributed by atoms with Gasteiger partial charge in [-0.1, -0.05) is 30.3 Å². The molecule has 0 fully saturated rings. The molecule has 7 aromatic rings. The molecule has 0 aliphatic heterocycles. The fraction of sp³-hybridized carbons (Fsp3) is 0.0811. The van der Waals surface area contributed by atoms with Gasteiger partial charge in [0.05, 0.1) is 17.1 Å². The van der Waals surface area contributed by atoms with Gasteiger partial charge in [0, 0.05) is 33.7 Å². The summed E-state index contributed by atoms with van der Waals surface area (Å²) in [7, 11) is 0. The lowest BCUT2D eigenvalue weighted by Crippen LogP contribution is -2.20. The second-order valence-corrected chi connectivity index (χ2v) is 11.0. The highest BCUT2D eigenvalue weighted by atomic mass is 19.1. The van der Waals surface area contributed by atoms with Gasteiger partial charge in [-0.3, -0.25) is 9.59 Å². The lowest BCUT2D eigenvalue weighted by Gasteiger charge is -2.12. The maximum Gasteiger partial charge on any atom is 0.282 e. The number of carbonyl (C=O) groups is 1. The molecular weight excluding hydrogens is 597 g/mol. The monoisotopic (exact) mass is 625 g/mol. The Bertz CT molecular complexity index is 2320. The molecule has 10 heteroatoms. The number of anilines is 1. The van der Waals surface area contributed by atoms with Crippen LogP contribution in [0.5, 0.6) is 5.75 Å². The van der Waals surface area contributed by atoms with E-state index in [0.29, 0.717) is 39.5 Å². The quantitative estimate of drug-likeness (QED) is 0.179. The molecule has 232 valence electrons. The largest absolute Gasteiger partial charge is 0.484 e. The van der Waals surface area contributed by atoms with Crippen molar-refractivity contribution >= 4 is 39.7 Å². The molecule has 0 saturated heterocycles. The number of aromatic nitrogens is 3. The van der Waals surface area contributed by atoms with Crippen molar-refractivity contribution in [3.8, 4) is 23.0 Å². The molecule has 0 bridgehead atoms. The molecule has 0 aliphatic carbocycles. The van der Waals surface area contributed by atoms with Gasteiger partial charge in [-0.25, -0.2) is 9.37 Å². The summed E-state index contributed by atoms with van der Waals surface area (Å²) in [6.45, 7) is 3.76. The molecule has 9 nitrogen and oxygen atoms in total. The number of nitrogens with zero attached hydrogens (tertiary/aromatic N) is 4. The van der Waals surface area contributed by atoms with Gasteiger partial charge < -0.3 is 19.0 Å². The van der Waals surface area contributed by atoms with Crippen molar-refractivity contribution in [3.63, 3.8) is 0 Å². The molecule has 3 aromatic heterocycles. The number of aryl methyl sites for hydroxylation is 1. The van der Waals surface area contributed by atoms with Gasteiger partial charge in [0.25, 0.3) is 11.5 Å². The molecule has 0 saturated carbocycles. The van der Waals surface area contributed by atoms with Crippen LogP contribution in [0.15, 0.2) is 124 Å². The van der Waals surface area contributed by atoms with E-state index in [1.165, 1.54) is 28.9 Å². The minimum atomic E-state index is -0.377. The number of amides is 1. The minimum Gasteiger partial charge on any atom is -0.484 e. The maximum absolute atomic E-state index is 13.7. The van der Waals surface area contributed by atoms with Gasteiger partial charge in [0.2, 0.25) is 5.82 Å². The van der Waals surface area contributed by atoms with Crippen LogP contribution in [0.4, 0.5) is 10.1 Å². The zero-order valence-corrected chi connectivity index (χ0v) is 25.5. The van der Waals surface area contributed by atoms with Crippen molar-refractivity contribution in [1.29, 1.82) is 0 Å². The first-order valence-electron chi connectivity index (χ1n) is 14.9. The Morgan fingerprint density at radius 3 is 2.49 bits per heavy atom. The van der Waals surface area contributed by atoms with Gasteiger partial charge in [0.1, 0.15) is 17.1 Å². The summed E-state index contributed by atoms with van der Waals surface area (Å²) in [5.74, 6) is 0.529. The third-order valence-electron chi connectivity index (χ3n) is 7.78. The van der Waals surface area contributed by atoms with E-state index in [9.17, 15) is 14.0 Å². The van der Waals surface area contributed by atoms with E-state index in [1.54, 1.807) is 36.5 Å². The molecule has 47 heavy (non-hydrogen) atoms. The lowest BCUT2D eigenvalue weighted by molar-refractivity contribution is -0.118. The van der Waals surface area contributed by atoms with Crippen molar-refractivity contribution < 1.29 is 18.3 Å². The van der Waals surface area contributed by atoms with E-state index in [1.807, 2.05) is 68.4 Å². The Hall–Kier alpha value is -6.29. The number of ether oxygens (including phenoxy) is 1. The molecule has 0 radical (unpaired) electrons. The minimum absolute atomic E-state index is 0.196. The first-order valence-corrected chi connectivity index (χ1v) is 14.9. The molecule has 3 heterocycles. The van der Waals surface area contributed by atoms with E-state index >= 15 is 0 Å². The SMILES string of the molecule is Cc1cc(C=Nn2c(-c3cc4ccccc4o3)nc3ccccc3c2=O)c(C)n1-c1ccc(OCC(=O)Nc2ccc(F)cc2)cc1. The molecule has 7 rings (SSSR count). The molecule has 1 N–H and O–H groups in total. The second-order valence-electron chi connectivity index (χ2n) is 11.0. The number of halogens is 1. The molecule has 4 aromatic carbocycles. The molecular formula is C37H28FN5O4. The third-order valence-corrected chi connectivity index (χ3v) is 7.78. The molecule has 0 spiro atoms. The Balaban J connectivity index is 1.14. The number of carbonyl (C=O) groups excluding carboxylic acids is 1. The number of hydrogen-bond donors (Lipinski definition) is 1. The first-order chi connectivity index (χ1) is 22.8. The van der Waals surface area contributed by atoms with E-state index in [-0.39, 0.29) is 23.9 Å². The van der Waals surface area contributed by atoms with Gasteiger partial charge >= 0.3 is 0 Å². The highest BCUT2D eigenvalue weighted by molar-refractivity contribution is 5.92. The fourth-order valence-electron chi connectivity index (χ4n) is 5.49. The van der Waals surface area contributed by atoms with E-state index in [4.69, 9.17) is 14.1 Å². The van der Waals surface area contributed by atoms with Gasteiger partial charge in [-0.15, -0.1) is 0 Å². The average Bonchev–Trinajstić information content (AvgIpc) is 3.64. The third kappa shape index (κ3) is 5.91. The molecule has 0 unspecified atom stereocenters. The van der Waals surface area contributed by atoms with E-state index in [0.717, 1.165) is 28.0 Å². The van der Waals surface area contributed by atoms with Gasteiger partial charge in [-0.2, -0.15) is 9.78 Å². The summed E-state index contributed by atoms with van der Waals surface area (Å²) < 4.78 is 28.2. The summed E-state index contributed by atoms with van der Waals surface area (Å²) in [4.78, 5) is 30.7. The summed E-state index contributed by atoms with van der Waals surface area (Å²) in [5, 5.41) is 8.66. The van der Waals surface area contributed by atoms with E-state index < -0.39 is 0 Å². The maximum atomic E-state index is 13.7. The highest BCUT2D eigenvalue weighted by Gasteiger charge is 2.17. The van der Waals surface area contributed by atoms with Crippen LogP contribution in [0.1, 0.15) is 17.0 Å². The van der Waals surface area contributed by atoms with E-state index in [2.05, 4.69) is 15.0 Å². The number of hydrogen-bond acceptors (Lipinski definition) is 6. The predicted octanol–water partition coefficient (Wildman–Crippen LogP) is 7.26. The number of furan rings is 1. The van der Waals surface area contributed by atoms with Crippen LogP contribution in [0.3, 0.4) is 0 Å². The smallest absolute Gasteiger partial charge is 0.282 e. The van der Waals surface area contributed by atoms with Crippen molar-refractivity contribution in [2.75, 3.05) is 11.9 Å². The Labute approximate surface area is 268 Å². The van der Waals surface area contributed by atoms with Crippen LogP contribution < -0.4 is 15.6 Å². The van der Waals surface area contributed by atoms with Crippen LogP contribution in [0, 0.1) is 19.7 Å². The second kappa shape index (κ2) is 12.2. The number of benzene rings is 4. The molecule has 0 aliphatic rings. The van der Waals surface area contributed by atoms with Gasteiger partial charge in [0.15, 0.2) is 12.4 Å². The van der Waals surface area contributed by atoms with Crippen LogP contribution in [0.25, 0.3) is 39.1 Å². The topological polar surface area (TPSA) is 104 Å². The first kappa shape index (κ1) is 29.4. The fourth-order valence-corrected chi connectivity index (χ4v) is 5.49. The van der Waals surface area contributed by atoms with Crippen molar-refractivity contribution in [2.24, 2.45) is 5.10 Å². The number of rotatable bonds is 8. The normalized spacial score (nSPS) is 11.5. The Kier molecular flexibility index (Phi) is 7.67.